The van der Waals surface area contributed by atoms with Crippen LogP contribution in [0, 0.1) is 5.92 Å². The van der Waals surface area contributed by atoms with Gasteiger partial charge in [-0.05, 0) is 37.0 Å². The summed E-state index contributed by atoms with van der Waals surface area (Å²) in [6.45, 7) is 8.98. The van der Waals surface area contributed by atoms with Gasteiger partial charge in [0.05, 0.1) is 12.3 Å². The molecule has 0 amide bonds. The lowest BCUT2D eigenvalue weighted by Crippen LogP contribution is -2.36. The van der Waals surface area contributed by atoms with Crippen molar-refractivity contribution in [2.75, 3.05) is 24.6 Å². The van der Waals surface area contributed by atoms with Crippen LogP contribution in [-0.4, -0.2) is 49.7 Å². The van der Waals surface area contributed by atoms with Crippen molar-refractivity contribution in [1.82, 2.24) is 30.0 Å². The Balaban J connectivity index is 1.29. The van der Waals surface area contributed by atoms with Gasteiger partial charge >= 0.3 is 0 Å². The third-order valence-corrected chi connectivity index (χ3v) is 4.96. The zero-order valence-electron chi connectivity index (χ0n) is 16.0. The van der Waals surface area contributed by atoms with Crippen LogP contribution < -0.4 is 9.64 Å². The van der Waals surface area contributed by atoms with Crippen LogP contribution in [0.4, 0.5) is 5.82 Å². The summed E-state index contributed by atoms with van der Waals surface area (Å²) in [7, 11) is 0. The smallest absolute Gasteiger partial charge is 0.233 e. The van der Waals surface area contributed by atoms with Gasteiger partial charge in [0.2, 0.25) is 5.88 Å². The van der Waals surface area contributed by atoms with Gasteiger partial charge in [-0.2, -0.15) is 9.61 Å². The first kappa shape index (κ1) is 17.6. The third-order valence-electron chi connectivity index (χ3n) is 4.96. The number of rotatable bonds is 4. The summed E-state index contributed by atoms with van der Waals surface area (Å²) in [5.41, 5.74) is 1.74. The topological polar surface area (TPSA) is 81.3 Å². The van der Waals surface area contributed by atoms with Crippen molar-refractivity contribution in [2.24, 2.45) is 5.92 Å². The van der Waals surface area contributed by atoms with E-state index in [-0.39, 0.29) is 5.41 Å². The van der Waals surface area contributed by atoms with Crippen LogP contribution in [0.25, 0.3) is 5.65 Å². The predicted molar refractivity (Wildman–Crippen MR) is 102 cm³/mol. The molecular weight excluding hydrogens is 342 g/mol. The molecule has 0 unspecified atom stereocenters. The standard InChI is InChI=1S/C19H25N7O/c1-19(2,3)15-4-7-18(23-21-15)27-12-14-8-10-25(11-9-14)17-6-5-16-22-20-13-26(16)24-17/h4-7,13-14H,8-12H2,1-3H3. The Labute approximate surface area is 158 Å². The molecule has 0 radical (unpaired) electrons. The van der Waals surface area contributed by atoms with Crippen molar-refractivity contribution in [1.29, 1.82) is 0 Å². The van der Waals surface area contributed by atoms with Gasteiger partial charge in [0.1, 0.15) is 12.1 Å². The molecule has 1 saturated heterocycles. The number of anilines is 1. The van der Waals surface area contributed by atoms with Crippen molar-refractivity contribution in [2.45, 2.75) is 39.0 Å². The first-order valence-electron chi connectivity index (χ1n) is 9.38. The molecule has 0 spiro atoms. The van der Waals surface area contributed by atoms with E-state index in [4.69, 9.17) is 4.74 Å². The lowest BCUT2D eigenvalue weighted by atomic mass is 9.92. The fourth-order valence-electron chi connectivity index (χ4n) is 3.22. The minimum Gasteiger partial charge on any atom is -0.476 e. The van der Waals surface area contributed by atoms with Crippen LogP contribution in [0.1, 0.15) is 39.3 Å². The zero-order chi connectivity index (χ0) is 18.9. The molecule has 3 aromatic rings. The van der Waals surface area contributed by atoms with Gasteiger partial charge in [-0.3, -0.25) is 0 Å². The van der Waals surface area contributed by atoms with Crippen molar-refractivity contribution in [3.05, 3.63) is 36.3 Å². The maximum atomic E-state index is 5.87. The lowest BCUT2D eigenvalue weighted by Gasteiger charge is -2.32. The van der Waals surface area contributed by atoms with Crippen molar-refractivity contribution in [3.8, 4) is 5.88 Å². The Kier molecular flexibility index (Phi) is 4.63. The summed E-state index contributed by atoms with van der Waals surface area (Å²) in [5, 5.41) is 20.9. The van der Waals surface area contributed by atoms with Gasteiger partial charge in [0.15, 0.2) is 5.65 Å². The van der Waals surface area contributed by atoms with E-state index < -0.39 is 0 Å². The normalized spacial score (nSPS) is 16.0. The van der Waals surface area contributed by atoms with E-state index >= 15 is 0 Å². The summed E-state index contributed by atoms with van der Waals surface area (Å²) in [6, 6.07) is 7.87. The second-order valence-corrected chi connectivity index (χ2v) is 8.07. The maximum Gasteiger partial charge on any atom is 0.233 e. The monoisotopic (exact) mass is 367 g/mol. The van der Waals surface area contributed by atoms with Gasteiger partial charge in [-0.1, -0.05) is 20.8 Å². The van der Waals surface area contributed by atoms with E-state index in [0.29, 0.717) is 18.4 Å². The molecule has 0 saturated carbocycles. The van der Waals surface area contributed by atoms with Crippen LogP contribution in [0.3, 0.4) is 0 Å². The van der Waals surface area contributed by atoms with E-state index in [0.717, 1.165) is 43.1 Å². The first-order valence-corrected chi connectivity index (χ1v) is 9.38. The fourth-order valence-corrected chi connectivity index (χ4v) is 3.22. The highest BCUT2D eigenvalue weighted by Crippen LogP contribution is 2.23. The molecule has 3 aromatic heterocycles. The van der Waals surface area contributed by atoms with Gasteiger partial charge in [0, 0.05) is 24.6 Å². The number of aromatic nitrogens is 6. The number of fused-ring (bicyclic) bond motifs is 1. The molecule has 0 N–H and O–H groups in total. The van der Waals surface area contributed by atoms with Crippen LogP contribution in [-0.2, 0) is 5.41 Å². The minimum atomic E-state index is 0.00217. The Morgan fingerprint density at radius 3 is 2.56 bits per heavy atom. The molecule has 1 aliphatic rings. The average Bonchev–Trinajstić information content (AvgIpc) is 3.14. The summed E-state index contributed by atoms with van der Waals surface area (Å²) in [6.07, 6.45) is 3.76. The van der Waals surface area contributed by atoms with Crippen LogP contribution in [0.2, 0.25) is 0 Å². The molecule has 4 heterocycles. The maximum absolute atomic E-state index is 5.87. The van der Waals surface area contributed by atoms with Crippen molar-refractivity contribution >= 4 is 11.5 Å². The van der Waals surface area contributed by atoms with Crippen LogP contribution >= 0.6 is 0 Å². The predicted octanol–water partition coefficient (Wildman–Crippen LogP) is 2.51. The van der Waals surface area contributed by atoms with Crippen LogP contribution in [0.15, 0.2) is 30.6 Å². The van der Waals surface area contributed by atoms with Crippen molar-refractivity contribution < 1.29 is 4.74 Å². The molecule has 8 heteroatoms. The zero-order valence-corrected chi connectivity index (χ0v) is 16.0. The van der Waals surface area contributed by atoms with Crippen LogP contribution in [0.5, 0.6) is 5.88 Å². The highest BCUT2D eigenvalue weighted by atomic mass is 16.5. The molecule has 0 aromatic carbocycles. The fraction of sp³-hybridized carbons (Fsp3) is 0.526. The minimum absolute atomic E-state index is 0.00217. The summed E-state index contributed by atoms with van der Waals surface area (Å²) >= 11 is 0. The number of hydrogen-bond donors (Lipinski definition) is 0. The van der Waals surface area contributed by atoms with Crippen molar-refractivity contribution in [3.63, 3.8) is 0 Å². The molecule has 1 fully saturated rings. The Hall–Kier alpha value is -2.77. The number of hydrogen-bond acceptors (Lipinski definition) is 7. The second-order valence-electron chi connectivity index (χ2n) is 8.07. The summed E-state index contributed by atoms with van der Waals surface area (Å²) in [5.74, 6) is 2.08. The average molecular weight is 367 g/mol. The first-order chi connectivity index (χ1) is 13.0. The number of ether oxygens (including phenoxy) is 1. The molecule has 8 nitrogen and oxygen atoms in total. The molecule has 27 heavy (non-hydrogen) atoms. The molecule has 1 aliphatic heterocycles. The molecule has 0 bridgehead atoms. The van der Waals surface area contributed by atoms with E-state index in [1.54, 1.807) is 10.8 Å². The lowest BCUT2D eigenvalue weighted by molar-refractivity contribution is 0.213. The molecule has 4 rings (SSSR count). The summed E-state index contributed by atoms with van der Waals surface area (Å²) < 4.78 is 7.59. The van der Waals surface area contributed by atoms with E-state index in [1.165, 1.54) is 0 Å². The Bertz CT molecular complexity index is 892. The van der Waals surface area contributed by atoms with Gasteiger partial charge in [-0.25, -0.2) is 0 Å². The second kappa shape index (κ2) is 7.09. The van der Waals surface area contributed by atoms with Gasteiger partial charge < -0.3 is 9.64 Å². The third kappa shape index (κ3) is 3.99. The molecule has 0 atom stereocenters. The molecule has 142 valence electrons. The van der Waals surface area contributed by atoms with Gasteiger partial charge in [-0.15, -0.1) is 20.4 Å². The van der Waals surface area contributed by atoms with Gasteiger partial charge in [0.25, 0.3) is 0 Å². The number of piperidine rings is 1. The highest BCUT2D eigenvalue weighted by molar-refractivity contribution is 5.45. The SMILES string of the molecule is CC(C)(C)c1ccc(OCC2CCN(c3ccc4nncn4n3)CC2)nn1. The largest absolute Gasteiger partial charge is 0.476 e. The Morgan fingerprint density at radius 2 is 1.85 bits per heavy atom. The Morgan fingerprint density at radius 1 is 1.04 bits per heavy atom. The highest BCUT2D eigenvalue weighted by Gasteiger charge is 2.22. The molecular formula is C19H25N7O. The quantitative estimate of drug-likeness (QED) is 0.701. The summed E-state index contributed by atoms with van der Waals surface area (Å²) in [4.78, 5) is 2.30. The van der Waals surface area contributed by atoms with E-state index in [9.17, 15) is 0 Å². The van der Waals surface area contributed by atoms with E-state index in [2.05, 4.69) is 51.2 Å². The van der Waals surface area contributed by atoms with E-state index in [1.807, 2.05) is 24.3 Å². The molecule has 0 aliphatic carbocycles. The number of nitrogens with zero attached hydrogens (tertiary/aromatic N) is 7.